The number of thiocarbonyl (C=S) groups is 1. The lowest BCUT2D eigenvalue weighted by atomic mass is 10.2. The lowest BCUT2D eigenvalue weighted by molar-refractivity contribution is -0.139. The molecule has 0 unspecified atom stereocenters. The predicted octanol–water partition coefficient (Wildman–Crippen LogP) is 0.555. The highest BCUT2D eigenvalue weighted by Crippen LogP contribution is 2.29. The van der Waals surface area contributed by atoms with Crippen molar-refractivity contribution in [3.05, 3.63) is 0 Å². The molecule has 0 spiro atoms. The maximum Gasteiger partial charge on any atom is 0.305 e. The van der Waals surface area contributed by atoms with E-state index in [0.29, 0.717) is 10.7 Å². The van der Waals surface area contributed by atoms with E-state index in [0.717, 1.165) is 11.8 Å². The first-order valence-electron chi connectivity index (χ1n) is 4.87. The zero-order valence-electron chi connectivity index (χ0n) is 8.79. The minimum atomic E-state index is -1.05. The van der Waals surface area contributed by atoms with Crippen LogP contribution in [0.1, 0.15) is 19.3 Å². The molecule has 0 aromatic rings. The molecule has 1 aliphatic heterocycles. The van der Waals surface area contributed by atoms with Gasteiger partial charge in [-0.15, -0.1) is 0 Å². The Hall–Kier alpha value is -1.15. The first-order chi connectivity index (χ1) is 7.91. The van der Waals surface area contributed by atoms with E-state index in [-0.39, 0.29) is 25.3 Å². The van der Waals surface area contributed by atoms with Crippen LogP contribution in [0.5, 0.6) is 0 Å². The summed E-state index contributed by atoms with van der Waals surface area (Å²) < 4.78 is 0.326. The molecule has 1 rings (SSSR count). The third-order valence-electron chi connectivity index (χ3n) is 2.14. The molecular weight excluding hydrogens is 266 g/mol. The summed E-state index contributed by atoms with van der Waals surface area (Å²) in [5.41, 5.74) is 0. The topological polar surface area (TPSA) is 94.9 Å². The van der Waals surface area contributed by atoms with E-state index in [1.54, 1.807) is 0 Å². The molecule has 17 heavy (non-hydrogen) atoms. The highest BCUT2D eigenvalue weighted by Gasteiger charge is 2.37. The van der Waals surface area contributed by atoms with Gasteiger partial charge in [-0.25, -0.2) is 0 Å². The molecular formula is C9H11NO5S2. The molecule has 1 amide bonds. The molecule has 0 aromatic carbocycles. The summed E-state index contributed by atoms with van der Waals surface area (Å²) in [5, 5.41) is 16.4. The average molecular weight is 277 g/mol. The third kappa shape index (κ3) is 3.97. The van der Waals surface area contributed by atoms with Gasteiger partial charge in [0, 0.05) is 13.0 Å². The van der Waals surface area contributed by atoms with E-state index in [4.69, 9.17) is 22.4 Å². The second-order valence-corrected chi connectivity index (χ2v) is 5.29. The SMILES string of the molecule is O=C(O)CCCN1C(=O)[C@H](CC(=O)O)SC1=S. The molecule has 0 aliphatic carbocycles. The van der Waals surface area contributed by atoms with Crippen molar-refractivity contribution in [3.8, 4) is 0 Å². The normalized spacial score (nSPS) is 19.8. The molecule has 1 heterocycles. The monoisotopic (exact) mass is 277 g/mol. The highest BCUT2D eigenvalue weighted by atomic mass is 32.2. The van der Waals surface area contributed by atoms with E-state index in [1.807, 2.05) is 0 Å². The van der Waals surface area contributed by atoms with Gasteiger partial charge in [-0.3, -0.25) is 19.3 Å². The fourth-order valence-electron chi connectivity index (χ4n) is 1.38. The zero-order chi connectivity index (χ0) is 13.0. The number of thioether (sulfide) groups is 1. The number of nitrogens with zero attached hydrogens (tertiary/aromatic N) is 1. The van der Waals surface area contributed by atoms with Crippen LogP contribution in [0.2, 0.25) is 0 Å². The van der Waals surface area contributed by atoms with Gasteiger partial charge in [-0.1, -0.05) is 24.0 Å². The summed E-state index contributed by atoms with van der Waals surface area (Å²) in [6.07, 6.45) is 0.00128. The smallest absolute Gasteiger partial charge is 0.305 e. The highest BCUT2D eigenvalue weighted by molar-refractivity contribution is 8.24. The van der Waals surface area contributed by atoms with Crippen molar-refractivity contribution < 1.29 is 24.6 Å². The van der Waals surface area contributed by atoms with Crippen LogP contribution in [-0.2, 0) is 14.4 Å². The van der Waals surface area contributed by atoms with Crippen LogP contribution in [0.3, 0.4) is 0 Å². The zero-order valence-corrected chi connectivity index (χ0v) is 10.4. The Labute approximate surface area is 107 Å². The lowest BCUT2D eigenvalue weighted by Gasteiger charge is -2.14. The first kappa shape index (κ1) is 13.9. The molecule has 94 valence electrons. The Morgan fingerprint density at radius 3 is 2.53 bits per heavy atom. The molecule has 0 bridgehead atoms. The number of carbonyl (C=O) groups excluding carboxylic acids is 1. The second-order valence-electron chi connectivity index (χ2n) is 3.46. The maximum atomic E-state index is 11.7. The van der Waals surface area contributed by atoms with Crippen LogP contribution in [0.4, 0.5) is 0 Å². The number of aliphatic carboxylic acids is 2. The molecule has 0 aromatic heterocycles. The van der Waals surface area contributed by atoms with Crippen molar-refractivity contribution in [1.29, 1.82) is 0 Å². The van der Waals surface area contributed by atoms with Gasteiger partial charge in [0.2, 0.25) is 5.91 Å². The van der Waals surface area contributed by atoms with Crippen LogP contribution in [0.15, 0.2) is 0 Å². The number of carboxylic acid groups (broad SMARTS) is 2. The van der Waals surface area contributed by atoms with E-state index in [9.17, 15) is 14.4 Å². The second kappa shape index (κ2) is 5.97. The fraction of sp³-hybridized carbons (Fsp3) is 0.556. The summed E-state index contributed by atoms with van der Waals surface area (Å²) in [7, 11) is 0. The summed E-state index contributed by atoms with van der Waals surface area (Å²) in [6.45, 7) is 0.229. The van der Waals surface area contributed by atoms with Gasteiger partial charge in [0.05, 0.1) is 6.42 Å². The van der Waals surface area contributed by atoms with Crippen LogP contribution in [0.25, 0.3) is 0 Å². The van der Waals surface area contributed by atoms with Gasteiger partial charge < -0.3 is 10.2 Å². The van der Waals surface area contributed by atoms with Crippen LogP contribution < -0.4 is 0 Å². The largest absolute Gasteiger partial charge is 0.481 e. The van der Waals surface area contributed by atoms with Crippen LogP contribution in [-0.4, -0.2) is 49.1 Å². The Bertz CT molecular complexity index is 370. The van der Waals surface area contributed by atoms with Crippen molar-refractivity contribution >= 4 is 46.1 Å². The van der Waals surface area contributed by atoms with Crippen LogP contribution in [0, 0.1) is 0 Å². The van der Waals surface area contributed by atoms with E-state index in [1.165, 1.54) is 4.90 Å². The number of carboxylic acids is 2. The number of hydrogen-bond acceptors (Lipinski definition) is 5. The quantitative estimate of drug-likeness (QED) is 0.685. The van der Waals surface area contributed by atoms with E-state index >= 15 is 0 Å². The molecule has 6 nitrogen and oxygen atoms in total. The molecule has 1 fully saturated rings. The van der Waals surface area contributed by atoms with E-state index < -0.39 is 17.2 Å². The molecule has 8 heteroatoms. The van der Waals surface area contributed by atoms with Gasteiger partial charge in [0.25, 0.3) is 0 Å². The van der Waals surface area contributed by atoms with Gasteiger partial charge >= 0.3 is 11.9 Å². The molecule has 1 saturated heterocycles. The Morgan fingerprint density at radius 2 is 2.00 bits per heavy atom. The third-order valence-corrected chi connectivity index (χ3v) is 3.72. The van der Waals surface area contributed by atoms with Crippen molar-refractivity contribution in [2.45, 2.75) is 24.5 Å². The summed E-state index contributed by atoms with van der Waals surface area (Å²) in [6, 6.07) is 0. The minimum Gasteiger partial charge on any atom is -0.481 e. The molecule has 1 aliphatic rings. The van der Waals surface area contributed by atoms with Crippen molar-refractivity contribution in [2.75, 3.05) is 6.54 Å². The Kier molecular flexibility index (Phi) is 4.88. The molecule has 0 radical (unpaired) electrons. The summed E-state index contributed by atoms with van der Waals surface area (Å²) in [5.74, 6) is -2.32. The van der Waals surface area contributed by atoms with Gasteiger partial charge in [0.15, 0.2) is 0 Å². The molecule has 0 saturated carbocycles. The van der Waals surface area contributed by atoms with Crippen molar-refractivity contribution in [3.63, 3.8) is 0 Å². The van der Waals surface area contributed by atoms with Gasteiger partial charge in [0.1, 0.15) is 9.57 Å². The standard InChI is InChI=1S/C9H11NO5S2/c11-6(12)2-1-3-10-8(15)5(4-7(13)14)17-9(10)16/h5H,1-4H2,(H,11,12)(H,13,14)/t5-/m0/s1. The number of rotatable bonds is 6. The van der Waals surface area contributed by atoms with Gasteiger partial charge in [-0.2, -0.15) is 0 Å². The lowest BCUT2D eigenvalue weighted by Crippen LogP contribution is -2.33. The van der Waals surface area contributed by atoms with Gasteiger partial charge in [-0.05, 0) is 6.42 Å². The molecule has 1 atom stereocenters. The average Bonchev–Trinajstić information content (AvgIpc) is 2.44. The summed E-state index contributed by atoms with van der Waals surface area (Å²) >= 11 is 6.00. The predicted molar refractivity (Wildman–Crippen MR) is 64.8 cm³/mol. The summed E-state index contributed by atoms with van der Waals surface area (Å²) in [4.78, 5) is 33.9. The Balaban J connectivity index is 2.50. The maximum absolute atomic E-state index is 11.7. The number of amides is 1. The Morgan fingerprint density at radius 1 is 1.35 bits per heavy atom. The molecule has 2 N–H and O–H groups in total. The first-order valence-corrected chi connectivity index (χ1v) is 6.16. The van der Waals surface area contributed by atoms with Crippen molar-refractivity contribution in [1.82, 2.24) is 4.90 Å². The number of carbonyl (C=O) groups is 3. The number of hydrogen-bond donors (Lipinski definition) is 2. The van der Waals surface area contributed by atoms with Crippen LogP contribution >= 0.6 is 24.0 Å². The van der Waals surface area contributed by atoms with Crippen molar-refractivity contribution in [2.24, 2.45) is 0 Å². The van der Waals surface area contributed by atoms with E-state index in [2.05, 4.69) is 0 Å². The fourth-order valence-corrected chi connectivity index (χ4v) is 2.91. The minimum absolute atomic E-state index is 0.0410.